The Morgan fingerprint density at radius 1 is 1.50 bits per heavy atom. The average Bonchev–Trinajstić information content (AvgIpc) is 3.03. The number of nitro groups is 1. The minimum atomic E-state index is -0.558. The number of aromatic nitrogens is 2. The van der Waals surface area contributed by atoms with Gasteiger partial charge in [0.1, 0.15) is 12.4 Å². The number of nitrogens with zero attached hydrogens (tertiary/aromatic N) is 3. The topological polar surface area (TPSA) is 81.2 Å². The molecule has 6 fully saturated rings. The summed E-state index contributed by atoms with van der Waals surface area (Å²) in [6.45, 7) is 1.04. The van der Waals surface area contributed by atoms with E-state index in [2.05, 4.69) is 19.3 Å². The molecule has 4 bridgehead atoms. The van der Waals surface area contributed by atoms with E-state index in [0.29, 0.717) is 6.39 Å². The van der Waals surface area contributed by atoms with Gasteiger partial charge in [-0.2, -0.15) is 13.6 Å². The molecule has 1 aromatic heterocycles. The van der Waals surface area contributed by atoms with Crippen molar-refractivity contribution >= 4 is 65.1 Å². The first-order valence-corrected chi connectivity index (χ1v) is 8.64. The van der Waals surface area contributed by atoms with Crippen molar-refractivity contribution in [1.29, 1.82) is 0 Å². The summed E-state index contributed by atoms with van der Waals surface area (Å²) in [5.74, 6) is -0.182. The van der Waals surface area contributed by atoms with Gasteiger partial charge in [0.25, 0.3) is 0 Å². The monoisotopic (exact) mass is 428 g/mol. The van der Waals surface area contributed by atoms with E-state index < -0.39 is 11.0 Å². The van der Waals surface area contributed by atoms with Crippen LogP contribution in [-0.2, 0) is 6.54 Å². The van der Waals surface area contributed by atoms with E-state index >= 15 is 0 Å². The molecular formula is C8H10B9CsN3O3. The van der Waals surface area contributed by atoms with E-state index in [9.17, 15) is 15.2 Å². The second kappa shape index (κ2) is 5.61. The Morgan fingerprint density at radius 3 is 3.04 bits per heavy atom. The summed E-state index contributed by atoms with van der Waals surface area (Å²) in [5, 5.41) is 21.7. The molecule has 0 aromatic carbocycles. The van der Waals surface area contributed by atoms with E-state index in [-0.39, 0.29) is 86.6 Å². The Hall–Kier alpha value is 1.21. The van der Waals surface area contributed by atoms with Crippen molar-refractivity contribution in [2.75, 3.05) is 0 Å². The summed E-state index contributed by atoms with van der Waals surface area (Å²) in [6, 6.07) is 0. The van der Waals surface area contributed by atoms with Crippen LogP contribution < -0.4 is 68.9 Å². The Bertz CT molecular complexity index is 731. The molecular weight excluding hydrogens is 416 g/mol. The Balaban J connectivity index is 0.00000131. The molecule has 0 spiro atoms. The first-order chi connectivity index (χ1) is 11.1. The molecule has 7 rings (SSSR count). The van der Waals surface area contributed by atoms with Crippen LogP contribution >= 0.6 is 0 Å². The van der Waals surface area contributed by atoms with Gasteiger partial charge in [0.15, 0.2) is 0 Å². The van der Waals surface area contributed by atoms with E-state index in [1.807, 2.05) is 0 Å². The minimum Gasteiger partial charge on any atom is -0.390 e. The van der Waals surface area contributed by atoms with Gasteiger partial charge in [0, 0.05) is 12.9 Å². The van der Waals surface area contributed by atoms with Gasteiger partial charge in [-0.05, 0) is 30.5 Å². The van der Waals surface area contributed by atoms with Crippen LogP contribution in [0.4, 0.5) is 5.95 Å². The molecule has 7 heterocycles. The van der Waals surface area contributed by atoms with Crippen molar-refractivity contribution in [3.63, 3.8) is 0 Å². The van der Waals surface area contributed by atoms with Crippen molar-refractivity contribution < 1.29 is 78.9 Å². The number of rotatable bonds is 5. The maximum atomic E-state index is 11.0. The van der Waals surface area contributed by atoms with Crippen molar-refractivity contribution in [3.8, 4) is 0 Å². The van der Waals surface area contributed by atoms with Crippen LogP contribution in [0.15, 0.2) is 12.4 Å². The summed E-state index contributed by atoms with van der Waals surface area (Å²) >= 11 is 0. The molecule has 6 aliphatic rings. The van der Waals surface area contributed by atoms with Crippen LogP contribution in [0.1, 0.15) is 6.42 Å². The molecule has 103 valence electrons. The van der Waals surface area contributed by atoms with Crippen LogP contribution in [0.25, 0.3) is 0 Å². The van der Waals surface area contributed by atoms with Gasteiger partial charge in [-0.3, -0.25) is 0 Å². The fraction of sp³-hybridized carbons (Fsp3) is 0.625. The molecule has 0 aliphatic carbocycles. The Morgan fingerprint density at radius 2 is 2.29 bits per heavy atom. The van der Waals surface area contributed by atoms with E-state index in [0.717, 1.165) is 51.2 Å². The third-order valence-electron chi connectivity index (χ3n) is 7.50. The molecule has 6 nitrogen and oxygen atoms in total. The maximum Gasteiger partial charge on any atom is 1.00 e. The standard InChI is InChI=1S/C8H10B9N3O3.Cs/c21-6(4-19-2-1-18-7(19)20(22)23)3-8-5-9-12(10-8)13-11(8)14-16-15(13)17(14)16;/h1-2,6,21H,3-5H2;/q-1;+1. The van der Waals surface area contributed by atoms with Crippen molar-refractivity contribution in [3.05, 3.63) is 22.5 Å². The van der Waals surface area contributed by atoms with Gasteiger partial charge in [-0.1, -0.05) is 4.98 Å². The fourth-order valence-electron chi connectivity index (χ4n) is 6.91. The molecule has 6 aliphatic heterocycles. The van der Waals surface area contributed by atoms with Gasteiger partial charge >= 0.3 is 74.8 Å². The molecule has 0 saturated carbocycles. The Labute approximate surface area is 203 Å². The van der Waals surface area contributed by atoms with Crippen LogP contribution in [-0.4, -0.2) is 84.8 Å². The molecule has 24 heavy (non-hydrogen) atoms. The maximum absolute atomic E-state index is 11.0. The SMILES string of the molecule is O=[N+]([O-])c1nccn1CC(O)CC12[B][B-]([B]C1)B1B3B4B3B4B12.[Cs+]. The molecule has 3 radical (unpaired) electrons. The number of imidazole rings is 1. The molecule has 1 aromatic rings. The molecule has 2 atom stereocenters. The Kier molecular flexibility index (Phi) is 4.05. The van der Waals surface area contributed by atoms with Crippen LogP contribution in [0.2, 0.25) is 11.5 Å². The van der Waals surface area contributed by atoms with E-state index in [4.69, 9.17) is 0 Å². The van der Waals surface area contributed by atoms with Gasteiger partial charge in [-0.15, -0.1) is 18.7 Å². The van der Waals surface area contributed by atoms with Crippen LogP contribution in [0, 0.1) is 10.1 Å². The molecule has 6 saturated heterocycles. The largest absolute Gasteiger partial charge is 1.00 e. The molecule has 1 N–H and O–H groups in total. The van der Waals surface area contributed by atoms with Gasteiger partial charge in [0.2, 0.25) is 0 Å². The first-order valence-electron chi connectivity index (χ1n) is 8.64. The predicted molar refractivity (Wildman–Crippen MR) is 98.8 cm³/mol. The number of fused-ring (bicyclic) bond motifs is 2. The summed E-state index contributed by atoms with van der Waals surface area (Å²) in [4.78, 5) is 14.2. The fourth-order valence-corrected chi connectivity index (χ4v) is 6.91. The second-order valence-electron chi connectivity index (χ2n) is 8.32. The van der Waals surface area contributed by atoms with Gasteiger partial charge < -0.3 is 15.2 Å². The van der Waals surface area contributed by atoms with Crippen molar-refractivity contribution in [1.82, 2.24) is 9.55 Å². The molecule has 0 amide bonds. The predicted octanol–water partition coefficient (Wildman–Crippen LogP) is -5.70. The number of aliphatic hydroxyl groups is 1. The van der Waals surface area contributed by atoms with Gasteiger partial charge in [-0.25, -0.2) is 11.0 Å². The number of hydrogen-bond acceptors (Lipinski definition) is 4. The van der Waals surface area contributed by atoms with Crippen LogP contribution in [0.5, 0.6) is 0 Å². The first kappa shape index (κ1) is 17.3. The average molecular weight is 426 g/mol. The molecule has 2 unspecified atom stereocenters. The quantitative estimate of drug-likeness (QED) is 0.289. The van der Waals surface area contributed by atoms with Crippen LogP contribution in [0.3, 0.4) is 0 Å². The summed E-state index contributed by atoms with van der Waals surface area (Å²) in [6.07, 6.45) is 9.79. The zero-order valence-electron chi connectivity index (χ0n) is 13.7. The zero-order valence-corrected chi connectivity index (χ0v) is 19.9. The minimum absolute atomic E-state index is 0. The summed E-state index contributed by atoms with van der Waals surface area (Å²) < 4.78 is 1.46. The normalized spacial score (nSPS) is 28.4. The summed E-state index contributed by atoms with van der Waals surface area (Å²) in [7, 11) is 4.99. The van der Waals surface area contributed by atoms with E-state index in [1.165, 1.54) is 10.8 Å². The van der Waals surface area contributed by atoms with Gasteiger partial charge in [0.05, 0.1) is 12.6 Å². The third kappa shape index (κ3) is 2.14. The second-order valence-corrected chi connectivity index (χ2v) is 8.32. The zero-order chi connectivity index (χ0) is 15.5. The van der Waals surface area contributed by atoms with Crippen molar-refractivity contribution in [2.45, 2.75) is 30.6 Å². The smallest absolute Gasteiger partial charge is 0.390 e. The van der Waals surface area contributed by atoms with Crippen molar-refractivity contribution in [2.24, 2.45) is 0 Å². The third-order valence-corrected chi connectivity index (χ3v) is 7.50. The van der Waals surface area contributed by atoms with E-state index in [1.54, 1.807) is 6.20 Å². The number of aliphatic hydroxyl groups excluding tert-OH is 1. The summed E-state index contributed by atoms with van der Waals surface area (Å²) in [5.41, 5.74) is 0. The number of hydrogen-bond donors (Lipinski definition) is 1. The molecule has 16 heteroatoms.